The molecule has 0 aromatic carbocycles. The van der Waals surface area contributed by atoms with Gasteiger partial charge in [0.05, 0.1) is 0 Å². The van der Waals surface area contributed by atoms with E-state index in [4.69, 9.17) is 11.6 Å². The molecule has 2 N–H and O–H groups in total. The molecule has 0 spiro atoms. The van der Waals surface area contributed by atoms with Crippen molar-refractivity contribution >= 4 is 11.6 Å². The molecule has 2 heterocycles. The van der Waals surface area contributed by atoms with Crippen LogP contribution in [-0.4, -0.2) is 15.2 Å². The Bertz CT molecular complexity index is 580. The fourth-order valence-corrected chi connectivity index (χ4v) is 2.60. The van der Waals surface area contributed by atoms with Gasteiger partial charge < -0.3 is 5.10 Å². The van der Waals surface area contributed by atoms with Crippen molar-refractivity contribution in [3.63, 3.8) is 0 Å². The number of nitrogens with zero attached hydrogens (tertiary/aromatic N) is 1. The Kier molecular flexibility index (Phi) is 2.33. The molecule has 1 aliphatic rings. The van der Waals surface area contributed by atoms with Gasteiger partial charge in [0, 0.05) is 23.4 Å². The van der Waals surface area contributed by atoms with E-state index in [9.17, 15) is 4.79 Å². The van der Waals surface area contributed by atoms with Crippen LogP contribution < -0.4 is 5.56 Å². The fraction of sp³-hybridized carbons (Fsp3) is 0.333. The third-order valence-electron chi connectivity index (χ3n) is 3.60. The van der Waals surface area contributed by atoms with Crippen molar-refractivity contribution in [3.05, 3.63) is 51.2 Å². The first-order chi connectivity index (χ1) is 8.21. The van der Waals surface area contributed by atoms with E-state index >= 15 is 0 Å². The number of rotatable bonds is 2. The van der Waals surface area contributed by atoms with Gasteiger partial charge in [-0.1, -0.05) is 24.1 Å². The number of halogens is 1. The number of pyridine rings is 1. The highest BCUT2D eigenvalue weighted by Gasteiger charge is 2.42. The zero-order valence-electron chi connectivity index (χ0n) is 9.16. The minimum Gasteiger partial charge on any atom is -0.301 e. The summed E-state index contributed by atoms with van der Waals surface area (Å²) in [6.45, 7) is 0. The summed E-state index contributed by atoms with van der Waals surface area (Å²) < 4.78 is 0. The summed E-state index contributed by atoms with van der Waals surface area (Å²) in [5, 5.41) is 6.05. The van der Waals surface area contributed by atoms with Crippen molar-refractivity contribution in [2.75, 3.05) is 0 Å². The lowest BCUT2D eigenvalue weighted by Crippen LogP contribution is -2.36. The summed E-state index contributed by atoms with van der Waals surface area (Å²) in [6, 6.07) is 5.41. The predicted molar refractivity (Wildman–Crippen MR) is 65.3 cm³/mol. The Balaban J connectivity index is 2.08. The van der Waals surface area contributed by atoms with Crippen LogP contribution in [0.15, 0.2) is 29.2 Å². The highest BCUT2D eigenvalue weighted by molar-refractivity contribution is 6.29. The average Bonchev–Trinajstić information content (AvgIpc) is 2.67. The largest absolute Gasteiger partial charge is 0.301 e. The number of hydrogen-bond donors (Lipinski definition) is 2. The lowest BCUT2D eigenvalue weighted by molar-refractivity contribution is 0.292. The molecule has 1 saturated carbocycles. The van der Waals surface area contributed by atoms with E-state index in [-0.39, 0.29) is 11.0 Å². The second-order valence-electron chi connectivity index (χ2n) is 4.48. The van der Waals surface area contributed by atoms with Crippen LogP contribution in [0.5, 0.6) is 0 Å². The van der Waals surface area contributed by atoms with E-state index < -0.39 is 0 Å². The molecule has 1 aliphatic carbocycles. The first-order valence-corrected chi connectivity index (χ1v) is 5.99. The second kappa shape index (κ2) is 3.74. The van der Waals surface area contributed by atoms with Crippen molar-refractivity contribution in [2.45, 2.75) is 24.7 Å². The third-order valence-corrected chi connectivity index (χ3v) is 3.82. The Hall–Kier alpha value is -1.55. The summed E-state index contributed by atoms with van der Waals surface area (Å²) in [7, 11) is 0. The smallest absolute Gasteiger partial charge is 0.264 e. The SMILES string of the molecule is O=c1cc(C2(c3ccc(Cl)nc3)CCC2)[nH][nH]1. The van der Waals surface area contributed by atoms with Crippen LogP contribution in [0.3, 0.4) is 0 Å². The van der Waals surface area contributed by atoms with Crippen LogP contribution in [-0.2, 0) is 5.41 Å². The minimum absolute atomic E-state index is 0.0866. The molecule has 1 fully saturated rings. The van der Waals surface area contributed by atoms with Gasteiger partial charge in [0.2, 0.25) is 0 Å². The van der Waals surface area contributed by atoms with Crippen molar-refractivity contribution < 1.29 is 0 Å². The van der Waals surface area contributed by atoms with E-state index in [1.165, 1.54) is 0 Å². The number of nitrogens with one attached hydrogen (secondary N) is 2. The maximum Gasteiger partial charge on any atom is 0.264 e. The van der Waals surface area contributed by atoms with Crippen molar-refractivity contribution in [3.8, 4) is 0 Å². The Morgan fingerprint density at radius 3 is 2.59 bits per heavy atom. The number of hydrogen-bond acceptors (Lipinski definition) is 2. The van der Waals surface area contributed by atoms with Crippen LogP contribution in [0.2, 0.25) is 5.15 Å². The summed E-state index contributed by atoms with van der Waals surface area (Å²) in [4.78, 5) is 15.4. The fourth-order valence-electron chi connectivity index (χ4n) is 2.49. The maximum atomic E-state index is 11.2. The molecular formula is C12H12ClN3O. The standard InChI is InChI=1S/C12H12ClN3O/c13-10-3-2-8(7-14-10)12(4-1-5-12)9-6-11(17)16-15-9/h2-3,6-7H,1,4-5H2,(H2,15,16,17). The first-order valence-electron chi connectivity index (χ1n) is 5.61. The average molecular weight is 250 g/mol. The van der Waals surface area contributed by atoms with E-state index in [2.05, 4.69) is 15.2 Å². The van der Waals surface area contributed by atoms with E-state index in [0.717, 1.165) is 30.5 Å². The molecule has 2 aromatic rings. The highest BCUT2D eigenvalue weighted by atomic mass is 35.5. The number of H-pyrrole nitrogens is 2. The van der Waals surface area contributed by atoms with Gasteiger partial charge in [-0.15, -0.1) is 0 Å². The first kappa shape index (κ1) is 10.6. The summed E-state index contributed by atoms with van der Waals surface area (Å²) in [6.07, 6.45) is 5.02. The maximum absolute atomic E-state index is 11.2. The Morgan fingerprint density at radius 1 is 1.29 bits per heavy atom. The quantitative estimate of drug-likeness (QED) is 0.802. The predicted octanol–water partition coefficient (Wildman–Crippen LogP) is 2.22. The monoisotopic (exact) mass is 249 g/mol. The minimum atomic E-state index is -0.0896. The zero-order valence-corrected chi connectivity index (χ0v) is 9.92. The molecule has 3 rings (SSSR count). The normalized spacial score (nSPS) is 17.7. The summed E-state index contributed by atoms with van der Waals surface area (Å²) in [5.74, 6) is 0. The molecule has 0 radical (unpaired) electrons. The molecule has 0 saturated heterocycles. The van der Waals surface area contributed by atoms with Gasteiger partial charge in [-0.2, -0.15) is 0 Å². The molecular weight excluding hydrogens is 238 g/mol. The molecule has 0 aliphatic heterocycles. The van der Waals surface area contributed by atoms with Gasteiger partial charge in [-0.3, -0.25) is 9.89 Å². The van der Waals surface area contributed by atoms with E-state index in [0.29, 0.717) is 5.15 Å². The molecule has 0 amide bonds. The van der Waals surface area contributed by atoms with Crippen molar-refractivity contribution in [1.82, 2.24) is 15.2 Å². The van der Waals surface area contributed by atoms with Crippen LogP contribution in [0.25, 0.3) is 0 Å². The molecule has 4 nitrogen and oxygen atoms in total. The summed E-state index contributed by atoms with van der Waals surface area (Å²) >= 11 is 5.80. The summed E-state index contributed by atoms with van der Waals surface area (Å²) in [5.41, 5.74) is 1.88. The van der Waals surface area contributed by atoms with Gasteiger partial charge in [-0.25, -0.2) is 4.98 Å². The lowest BCUT2D eigenvalue weighted by Gasteiger charge is -2.41. The second-order valence-corrected chi connectivity index (χ2v) is 4.86. The molecule has 0 atom stereocenters. The Morgan fingerprint density at radius 2 is 2.12 bits per heavy atom. The van der Waals surface area contributed by atoms with Gasteiger partial charge in [0.25, 0.3) is 5.56 Å². The topological polar surface area (TPSA) is 61.5 Å². The van der Waals surface area contributed by atoms with Gasteiger partial charge in [0.15, 0.2) is 0 Å². The van der Waals surface area contributed by atoms with Gasteiger partial charge in [-0.05, 0) is 24.5 Å². The molecule has 88 valence electrons. The van der Waals surface area contributed by atoms with Crippen LogP contribution >= 0.6 is 11.6 Å². The van der Waals surface area contributed by atoms with Crippen LogP contribution in [0.4, 0.5) is 0 Å². The van der Waals surface area contributed by atoms with Gasteiger partial charge >= 0.3 is 0 Å². The van der Waals surface area contributed by atoms with Crippen LogP contribution in [0, 0.1) is 0 Å². The third kappa shape index (κ3) is 1.60. The Labute approximate surface area is 103 Å². The number of aromatic nitrogens is 3. The number of aromatic amines is 2. The molecule has 2 aromatic heterocycles. The van der Waals surface area contributed by atoms with Crippen molar-refractivity contribution in [2.24, 2.45) is 0 Å². The van der Waals surface area contributed by atoms with E-state index in [1.54, 1.807) is 18.3 Å². The zero-order chi connectivity index (χ0) is 11.9. The highest BCUT2D eigenvalue weighted by Crippen LogP contribution is 2.47. The molecule has 0 bridgehead atoms. The lowest BCUT2D eigenvalue weighted by atomic mass is 9.63. The van der Waals surface area contributed by atoms with Crippen LogP contribution in [0.1, 0.15) is 30.5 Å². The molecule has 0 unspecified atom stereocenters. The molecule has 17 heavy (non-hydrogen) atoms. The van der Waals surface area contributed by atoms with Gasteiger partial charge in [0.1, 0.15) is 5.15 Å². The van der Waals surface area contributed by atoms with Crippen molar-refractivity contribution in [1.29, 1.82) is 0 Å². The molecule has 5 heteroatoms. The van der Waals surface area contributed by atoms with E-state index in [1.807, 2.05) is 6.07 Å².